The lowest BCUT2D eigenvalue weighted by molar-refractivity contribution is -0.116. The maximum Gasteiger partial charge on any atom is 0.337 e. The maximum atomic E-state index is 12.4. The minimum atomic E-state index is -0.379. The minimum Gasteiger partial charge on any atom is -0.465 e. The second kappa shape index (κ2) is 6.96. The third-order valence-corrected chi connectivity index (χ3v) is 5.29. The fourth-order valence-corrected chi connectivity index (χ4v) is 3.54. The average molecular weight is 375 g/mol. The molecule has 6 heteroatoms. The Morgan fingerprint density at radius 1 is 1.14 bits per heavy atom. The van der Waals surface area contributed by atoms with Gasteiger partial charge in [-0.05, 0) is 54.8 Å². The van der Waals surface area contributed by atoms with Crippen molar-refractivity contribution >= 4 is 17.7 Å². The number of benzene rings is 2. The molecule has 1 amide bonds. The molecule has 2 heterocycles. The number of esters is 1. The number of anilines is 1. The van der Waals surface area contributed by atoms with Crippen molar-refractivity contribution in [1.29, 1.82) is 0 Å². The Kier molecular flexibility index (Phi) is 4.47. The van der Waals surface area contributed by atoms with E-state index in [1.807, 2.05) is 30.5 Å². The number of methoxy groups -OCH3 is 1. The number of carbonyl (C=O) groups excluding carboxylic acids is 2. The highest BCUT2D eigenvalue weighted by Gasteiger charge is 2.30. The number of hydrogen-bond acceptors (Lipinski definition) is 4. The summed E-state index contributed by atoms with van der Waals surface area (Å²) in [5.41, 5.74) is 5.69. The zero-order valence-corrected chi connectivity index (χ0v) is 16.0. The number of hydrogen-bond donors (Lipinski definition) is 1. The fraction of sp³-hybridized carbons (Fsp3) is 0.227. The second-order valence-electron chi connectivity index (χ2n) is 7.05. The zero-order valence-electron chi connectivity index (χ0n) is 16.0. The SMILES string of the molecule is COC(=O)c1ccc(C2CC(=O)Nc3c2cnn3-c2ccc(C)c(C)c2)cc1. The standard InChI is InChI=1S/C22H21N3O3/c1-13-4-9-17(10-14(13)2)25-21-19(12-23-25)18(11-20(26)24-21)15-5-7-16(8-6-15)22(27)28-3/h4-10,12,18H,11H2,1-3H3,(H,24,26). The van der Waals surface area contributed by atoms with Crippen LogP contribution in [0.3, 0.4) is 0 Å². The van der Waals surface area contributed by atoms with Gasteiger partial charge in [-0.25, -0.2) is 9.48 Å². The van der Waals surface area contributed by atoms with E-state index in [4.69, 9.17) is 4.74 Å². The lowest BCUT2D eigenvalue weighted by atomic mass is 9.87. The van der Waals surface area contributed by atoms with E-state index in [1.54, 1.807) is 16.8 Å². The molecule has 3 aromatic rings. The molecule has 28 heavy (non-hydrogen) atoms. The zero-order chi connectivity index (χ0) is 19.8. The lowest BCUT2D eigenvalue weighted by Crippen LogP contribution is -2.24. The molecule has 0 saturated carbocycles. The van der Waals surface area contributed by atoms with Crippen molar-refractivity contribution in [3.8, 4) is 5.69 Å². The van der Waals surface area contributed by atoms with E-state index in [0.29, 0.717) is 17.8 Å². The molecule has 1 N–H and O–H groups in total. The van der Waals surface area contributed by atoms with Crippen molar-refractivity contribution in [3.05, 3.63) is 76.5 Å². The molecule has 1 unspecified atom stereocenters. The van der Waals surface area contributed by atoms with Crippen LogP contribution in [0.15, 0.2) is 48.7 Å². The van der Waals surface area contributed by atoms with E-state index < -0.39 is 0 Å². The number of rotatable bonds is 3. The van der Waals surface area contributed by atoms with Crippen molar-refractivity contribution in [3.63, 3.8) is 0 Å². The molecule has 0 spiro atoms. The summed E-state index contributed by atoms with van der Waals surface area (Å²) in [6.45, 7) is 4.12. The number of fused-ring (bicyclic) bond motifs is 1. The highest BCUT2D eigenvalue weighted by atomic mass is 16.5. The third kappa shape index (κ3) is 3.07. The van der Waals surface area contributed by atoms with Crippen LogP contribution in [-0.4, -0.2) is 28.8 Å². The molecule has 1 aliphatic rings. The summed E-state index contributed by atoms with van der Waals surface area (Å²) < 4.78 is 6.52. The molecule has 4 rings (SSSR count). The lowest BCUT2D eigenvalue weighted by Gasteiger charge is -2.24. The van der Waals surface area contributed by atoms with Gasteiger partial charge in [0, 0.05) is 17.9 Å². The summed E-state index contributed by atoms with van der Waals surface area (Å²) in [6.07, 6.45) is 2.14. The van der Waals surface area contributed by atoms with Gasteiger partial charge < -0.3 is 10.1 Å². The van der Waals surface area contributed by atoms with E-state index in [2.05, 4.69) is 30.3 Å². The van der Waals surface area contributed by atoms with Crippen molar-refractivity contribution < 1.29 is 14.3 Å². The average Bonchev–Trinajstić information content (AvgIpc) is 3.12. The van der Waals surface area contributed by atoms with Crippen LogP contribution < -0.4 is 5.32 Å². The van der Waals surface area contributed by atoms with Gasteiger partial charge in [-0.15, -0.1) is 0 Å². The largest absolute Gasteiger partial charge is 0.465 e. The molecule has 1 atom stereocenters. The topological polar surface area (TPSA) is 73.2 Å². The van der Waals surface area contributed by atoms with E-state index >= 15 is 0 Å². The van der Waals surface area contributed by atoms with E-state index in [1.165, 1.54) is 18.2 Å². The van der Waals surface area contributed by atoms with Crippen LogP contribution in [0, 0.1) is 13.8 Å². The molecule has 6 nitrogen and oxygen atoms in total. The molecule has 0 bridgehead atoms. The number of aryl methyl sites for hydroxylation is 2. The number of nitrogens with one attached hydrogen (secondary N) is 1. The highest BCUT2D eigenvalue weighted by Crippen LogP contribution is 2.38. The number of amides is 1. The van der Waals surface area contributed by atoms with Gasteiger partial charge in [0.25, 0.3) is 0 Å². The van der Waals surface area contributed by atoms with Gasteiger partial charge in [0.1, 0.15) is 5.82 Å². The van der Waals surface area contributed by atoms with Gasteiger partial charge in [-0.2, -0.15) is 5.10 Å². The predicted molar refractivity (Wildman–Crippen MR) is 106 cm³/mol. The summed E-state index contributed by atoms with van der Waals surface area (Å²) >= 11 is 0. The Hall–Kier alpha value is -3.41. The van der Waals surface area contributed by atoms with E-state index in [0.717, 1.165) is 16.8 Å². The molecule has 142 valence electrons. The number of aromatic nitrogens is 2. The summed E-state index contributed by atoms with van der Waals surface area (Å²) in [5.74, 6) is 0.147. The first kappa shape index (κ1) is 18.0. The smallest absolute Gasteiger partial charge is 0.337 e. The first-order valence-corrected chi connectivity index (χ1v) is 9.11. The summed E-state index contributed by atoms with van der Waals surface area (Å²) in [6, 6.07) is 13.3. The molecular formula is C22H21N3O3. The van der Waals surface area contributed by atoms with Gasteiger partial charge in [-0.1, -0.05) is 18.2 Å². The predicted octanol–water partition coefficient (Wildman–Crippen LogP) is 3.75. The van der Waals surface area contributed by atoms with Crippen molar-refractivity contribution in [1.82, 2.24) is 9.78 Å². The summed E-state index contributed by atoms with van der Waals surface area (Å²) in [5, 5.41) is 7.50. The van der Waals surface area contributed by atoms with Gasteiger partial charge in [-0.3, -0.25) is 4.79 Å². The molecule has 1 aliphatic heterocycles. The van der Waals surface area contributed by atoms with E-state index in [9.17, 15) is 9.59 Å². The van der Waals surface area contributed by atoms with Gasteiger partial charge in [0.05, 0.1) is 24.6 Å². The van der Waals surface area contributed by atoms with Crippen molar-refractivity contribution in [2.24, 2.45) is 0 Å². The highest BCUT2D eigenvalue weighted by molar-refractivity contribution is 5.95. The normalized spacial score (nSPS) is 15.7. The van der Waals surface area contributed by atoms with Crippen molar-refractivity contribution in [2.45, 2.75) is 26.2 Å². The molecule has 0 fully saturated rings. The second-order valence-corrected chi connectivity index (χ2v) is 7.05. The van der Waals surface area contributed by atoms with Crippen LogP contribution >= 0.6 is 0 Å². The Labute approximate surface area is 163 Å². The Morgan fingerprint density at radius 2 is 1.89 bits per heavy atom. The first-order chi connectivity index (χ1) is 13.5. The molecule has 0 radical (unpaired) electrons. The van der Waals surface area contributed by atoms with Crippen LogP contribution in [0.5, 0.6) is 0 Å². The molecule has 1 aromatic heterocycles. The fourth-order valence-electron chi connectivity index (χ4n) is 3.54. The summed E-state index contributed by atoms with van der Waals surface area (Å²) in [7, 11) is 1.36. The quantitative estimate of drug-likeness (QED) is 0.708. The summed E-state index contributed by atoms with van der Waals surface area (Å²) in [4.78, 5) is 24.1. The number of carbonyl (C=O) groups is 2. The molecule has 0 saturated heterocycles. The van der Waals surface area contributed by atoms with Gasteiger partial charge in [0.2, 0.25) is 5.91 Å². The Balaban J connectivity index is 1.74. The minimum absolute atomic E-state index is 0.0554. The van der Waals surface area contributed by atoms with E-state index in [-0.39, 0.29) is 17.8 Å². The van der Waals surface area contributed by atoms with Crippen molar-refractivity contribution in [2.75, 3.05) is 12.4 Å². The number of ether oxygens (including phenoxy) is 1. The van der Waals surface area contributed by atoms with Gasteiger partial charge in [0.15, 0.2) is 0 Å². The van der Waals surface area contributed by atoms with Crippen LogP contribution in [0.2, 0.25) is 0 Å². The monoisotopic (exact) mass is 375 g/mol. The maximum absolute atomic E-state index is 12.4. The van der Waals surface area contributed by atoms with Crippen LogP contribution in [0.1, 0.15) is 45.0 Å². The van der Waals surface area contributed by atoms with Crippen LogP contribution in [-0.2, 0) is 9.53 Å². The molecule has 0 aliphatic carbocycles. The first-order valence-electron chi connectivity index (χ1n) is 9.11. The molecule has 2 aromatic carbocycles. The van der Waals surface area contributed by atoms with Crippen LogP contribution in [0.25, 0.3) is 5.69 Å². The third-order valence-electron chi connectivity index (χ3n) is 5.29. The van der Waals surface area contributed by atoms with Gasteiger partial charge >= 0.3 is 5.97 Å². The van der Waals surface area contributed by atoms with Crippen LogP contribution in [0.4, 0.5) is 5.82 Å². The Morgan fingerprint density at radius 3 is 2.57 bits per heavy atom. The molecular weight excluding hydrogens is 354 g/mol. The number of nitrogens with zero attached hydrogens (tertiary/aromatic N) is 2. The Bertz CT molecular complexity index is 1070.